The summed E-state index contributed by atoms with van der Waals surface area (Å²) >= 11 is 4.98. The van der Waals surface area contributed by atoms with Crippen molar-refractivity contribution in [3.63, 3.8) is 0 Å². The van der Waals surface area contributed by atoms with Crippen LogP contribution in [0.1, 0.15) is 10.4 Å². The molecule has 0 saturated heterocycles. The monoisotopic (exact) mass is 236 g/mol. The Labute approximate surface area is 99.0 Å². The van der Waals surface area contributed by atoms with Gasteiger partial charge in [0.2, 0.25) is 0 Å². The summed E-state index contributed by atoms with van der Waals surface area (Å²) in [6, 6.07) is 6.58. The third kappa shape index (κ3) is 3.36. The molecular weight excluding hydrogens is 224 g/mol. The Morgan fingerprint density at radius 3 is 2.81 bits per heavy atom. The lowest BCUT2D eigenvalue weighted by Crippen LogP contribution is -2.29. The van der Waals surface area contributed by atoms with E-state index in [4.69, 9.17) is 17.3 Å². The Morgan fingerprint density at radius 2 is 2.19 bits per heavy atom. The summed E-state index contributed by atoms with van der Waals surface area (Å²) in [4.78, 5) is 10.9. The smallest absolute Gasteiger partial charge is 0.337 e. The zero-order valence-electron chi connectivity index (χ0n) is 8.56. The number of carbonyl (C=O) groups is 1. The van der Waals surface area contributed by atoms with Gasteiger partial charge >= 0.3 is 5.97 Å². The Morgan fingerprint density at radius 1 is 1.50 bits per heavy atom. The van der Waals surface area contributed by atoms with E-state index >= 15 is 0 Å². The van der Waals surface area contributed by atoms with Crippen LogP contribution >= 0.6 is 12.2 Å². The Balaban J connectivity index is 2.76. The van der Waals surface area contributed by atoms with E-state index in [-0.39, 0.29) is 5.56 Å². The van der Waals surface area contributed by atoms with Gasteiger partial charge in [0, 0.05) is 6.54 Å². The van der Waals surface area contributed by atoms with Crippen molar-refractivity contribution in [1.29, 1.82) is 0 Å². The van der Waals surface area contributed by atoms with Crippen LogP contribution in [0.15, 0.2) is 36.9 Å². The normalized spacial score (nSPS) is 9.25. The van der Waals surface area contributed by atoms with Crippen LogP contribution in [0, 0.1) is 0 Å². The topological polar surface area (TPSA) is 61.4 Å². The van der Waals surface area contributed by atoms with Crippen molar-refractivity contribution in [2.75, 3.05) is 11.9 Å². The van der Waals surface area contributed by atoms with Crippen LogP contribution in [0.2, 0.25) is 0 Å². The maximum Gasteiger partial charge on any atom is 0.337 e. The molecule has 1 rings (SSSR count). The minimum atomic E-state index is -0.991. The zero-order valence-corrected chi connectivity index (χ0v) is 9.38. The molecule has 0 amide bonds. The van der Waals surface area contributed by atoms with Gasteiger partial charge in [-0.2, -0.15) is 0 Å². The zero-order chi connectivity index (χ0) is 12.0. The van der Waals surface area contributed by atoms with E-state index < -0.39 is 5.97 Å². The van der Waals surface area contributed by atoms with E-state index in [2.05, 4.69) is 17.2 Å². The first-order valence-corrected chi connectivity index (χ1v) is 5.04. The fourth-order valence-electron chi connectivity index (χ4n) is 1.11. The van der Waals surface area contributed by atoms with E-state index in [0.717, 1.165) is 0 Å². The summed E-state index contributed by atoms with van der Waals surface area (Å²) in [5.74, 6) is -0.991. The molecule has 0 unspecified atom stereocenters. The predicted molar refractivity (Wildman–Crippen MR) is 67.8 cm³/mol. The summed E-state index contributed by atoms with van der Waals surface area (Å²) in [5.41, 5.74) is 0.654. The molecule has 1 aromatic rings. The molecule has 0 atom stereocenters. The fraction of sp³-hybridized carbons (Fsp3) is 0.0909. The van der Waals surface area contributed by atoms with E-state index in [1.165, 1.54) is 6.07 Å². The number of aromatic carboxylic acids is 1. The number of para-hydroxylation sites is 1. The van der Waals surface area contributed by atoms with Gasteiger partial charge in [0.25, 0.3) is 0 Å². The summed E-state index contributed by atoms with van der Waals surface area (Å²) in [5, 5.41) is 15.0. The van der Waals surface area contributed by atoms with Gasteiger partial charge in [0.1, 0.15) is 0 Å². The van der Waals surface area contributed by atoms with E-state index in [1.54, 1.807) is 24.3 Å². The van der Waals surface area contributed by atoms with Crippen LogP contribution in [0.4, 0.5) is 5.69 Å². The fourth-order valence-corrected chi connectivity index (χ4v) is 1.30. The first-order valence-electron chi connectivity index (χ1n) is 4.63. The molecule has 0 spiro atoms. The van der Waals surface area contributed by atoms with Gasteiger partial charge in [-0.25, -0.2) is 4.79 Å². The average Bonchev–Trinajstić information content (AvgIpc) is 2.27. The quantitative estimate of drug-likeness (QED) is 0.550. The number of benzene rings is 1. The van der Waals surface area contributed by atoms with Gasteiger partial charge in [-0.15, -0.1) is 6.58 Å². The van der Waals surface area contributed by atoms with E-state index in [9.17, 15) is 4.79 Å². The lowest BCUT2D eigenvalue weighted by molar-refractivity contribution is 0.0698. The molecule has 0 aliphatic carbocycles. The number of hydrogen-bond acceptors (Lipinski definition) is 2. The summed E-state index contributed by atoms with van der Waals surface area (Å²) in [6.07, 6.45) is 1.66. The van der Waals surface area contributed by atoms with Crippen LogP contribution in [-0.2, 0) is 0 Å². The maximum atomic E-state index is 10.9. The van der Waals surface area contributed by atoms with E-state index in [1.807, 2.05) is 0 Å². The van der Waals surface area contributed by atoms with Crippen LogP contribution < -0.4 is 10.6 Å². The third-order valence-electron chi connectivity index (χ3n) is 1.81. The van der Waals surface area contributed by atoms with Crippen molar-refractivity contribution < 1.29 is 9.90 Å². The van der Waals surface area contributed by atoms with Crippen LogP contribution in [0.25, 0.3) is 0 Å². The number of thiocarbonyl (C=S) groups is 1. The maximum absolute atomic E-state index is 10.9. The Kier molecular flexibility index (Phi) is 4.47. The molecular formula is C11H12N2O2S. The molecule has 0 fully saturated rings. The van der Waals surface area contributed by atoms with Gasteiger partial charge in [0.15, 0.2) is 5.11 Å². The largest absolute Gasteiger partial charge is 0.478 e. The molecule has 0 radical (unpaired) electrons. The average molecular weight is 236 g/mol. The van der Waals surface area contributed by atoms with Crippen molar-refractivity contribution in [2.24, 2.45) is 0 Å². The molecule has 0 heterocycles. The number of rotatable bonds is 4. The second-order valence-corrected chi connectivity index (χ2v) is 3.38. The van der Waals surface area contributed by atoms with Gasteiger partial charge in [-0.05, 0) is 24.4 Å². The molecule has 4 nitrogen and oxygen atoms in total. The van der Waals surface area contributed by atoms with Crippen molar-refractivity contribution in [3.8, 4) is 0 Å². The predicted octanol–water partition coefficient (Wildman–Crippen LogP) is 1.86. The lowest BCUT2D eigenvalue weighted by atomic mass is 10.2. The van der Waals surface area contributed by atoms with Gasteiger partial charge in [0.05, 0.1) is 11.3 Å². The second-order valence-electron chi connectivity index (χ2n) is 2.97. The van der Waals surface area contributed by atoms with Gasteiger partial charge < -0.3 is 15.7 Å². The highest BCUT2D eigenvalue weighted by Gasteiger charge is 2.09. The van der Waals surface area contributed by atoms with Crippen LogP contribution in [-0.4, -0.2) is 22.7 Å². The van der Waals surface area contributed by atoms with Crippen molar-refractivity contribution in [3.05, 3.63) is 42.5 Å². The number of carboxylic acids is 1. The summed E-state index contributed by atoms with van der Waals surface area (Å²) < 4.78 is 0. The minimum Gasteiger partial charge on any atom is -0.478 e. The third-order valence-corrected chi connectivity index (χ3v) is 2.06. The first-order chi connectivity index (χ1) is 7.65. The summed E-state index contributed by atoms with van der Waals surface area (Å²) in [7, 11) is 0. The van der Waals surface area contributed by atoms with E-state index in [0.29, 0.717) is 17.3 Å². The van der Waals surface area contributed by atoms with Crippen molar-refractivity contribution >= 4 is 29.0 Å². The molecule has 0 bridgehead atoms. The standard InChI is InChI=1S/C11H12N2O2S/c1-2-7-12-11(16)13-9-6-4-3-5-8(9)10(14)15/h2-6H,1,7H2,(H,14,15)(H2,12,13,16). The highest BCUT2D eigenvalue weighted by atomic mass is 32.1. The molecule has 0 aliphatic rings. The Bertz CT molecular complexity index is 418. The van der Waals surface area contributed by atoms with Gasteiger partial charge in [-0.1, -0.05) is 18.2 Å². The van der Waals surface area contributed by atoms with Gasteiger partial charge in [-0.3, -0.25) is 0 Å². The molecule has 84 valence electrons. The molecule has 16 heavy (non-hydrogen) atoms. The van der Waals surface area contributed by atoms with Crippen molar-refractivity contribution in [2.45, 2.75) is 0 Å². The molecule has 5 heteroatoms. The number of carboxylic acid groups (broad SMARTS) is 1. The Hall–Kier alpha value is -1.88. The van der Waals surface area contributed by atoms with Crippen LogP contribution in [0.5, 0.6) is 0 Å². The molecule has 3 N–H and O–H groups in total. The summed E-state index contributed by atoms with van der Waals surface area (Å²) in [6.45, 7) is 4.07. The number of hydrogen-bond donors (Lipinski definition) is 3. The number of nitrogens with one attached hydrogen (secondary N) is 2. The molecule has 0 saturated carbocycles. The lowest BCUT2D eigenvalue weighted by Gasteiger charge is -2.10. The highest BCUT2D eigenvalue weighted by molar-refractivity contribution is 7.80. The van der Waals surface area contributed by atoms with Crippen molar-refractivity contribution in [1.82, 2.24) is 5.32 Å². The highest BCUT2D eigenvalue weighted by Crippen LogP contribution is 2.14. The molecule has 0 aliphatic heterocycles. The number of anilines is 1. The molecule has 0 aromatic heterocycles. The minimum absolute atomic E-state index is 0.185. The first kappa shape index (κ1) is 12.2. The van der Waals surface area contributed by atoms with Crippen LogP contribution in [0.3, 0.4) is 0 Å². The SMILES string of the molecule is C=CCNC(=S)Nc1ccccc1C(=O)O. The second kappa shape index (κ2) is 5.87. The molecule has 1 aromatic carbocycles.